The number of para-hydroxylation sites is 1. The van der Waals surface area contributed by atoms with Crippen molar-refractivity contribution in [2.24, 2.45) is 0 Å². The molecule has 1 N–H and O–H groups in total. The number of hydrogen-bond acceptors (Lipinski definition) is 3. The fraction of sp³-hybridized carbons (Fsp3) is 0.316. The monoisotopic (exact) mass is 360 g/mol. The van der Waals surface area contributed by atoms with Gasteiger partial charge >= 0.3 is 0 Å². The van der Waals surface area contributed by atoms with Crippen molar-refractivity contribution in [2.75, 3.05) is 22.4 Å². The van der Waals surface area contributed by atoms with Gasteiger partial charge in [0.15, 0.2) is 0 Å². The van der Waals surface area contributed by atoms with Crippen molar-refractivity contribution in [3.05, 3.63) is 59.7 Å². The van der Waals surface area contributed by atoms with E-state index < -0.39 is 10.0 Å². The van der Waals surface area contributed by atoms with Gasteiger partial charge in [0, 0.05) is 18.7 Å². The average Bonchev–Trinajstić information content (AvgIpc) is 2.55. The highest BCUT2D eigenvalue weighted by Gasteiger charge is 2.17. The summed E-state index contributed by atoms with van der Waals surface area (Å²) < 4.78 is 25.3. The van der Waals surface area contributed by atoms with Crippen LogP contribution in [0.5, 0.6) is 0 Å². The van der Waals surface area contributed by atoms with E-state index >= 15 is 0 Å². The number of carbonyl (C=O) groups is 1. The van der Waals surface area contributed by atoms with Crippen molar-refractivity contribution < 1.29 is 13.2 Å². The Morgan fingerprint density at radius 2 is 1.72 bits per heavy atom. The van der Waals surface area contributed by atoms with Crippen LogP contribution in [0.1, 0.15) is 24.0 Å². The van der Waals surface area contributed by atoms with Crippen LogP contribution in [0.4, 0.5) is 11.4 Å². The molecular formula is C19H24N2O3S. The van der Waals surface area contributed by atoms with Crippen molar-refractivity contribution in [3.63, 3.8) is 0 Å². The molecule has 0 spiro atoms. The smallest absolute Gasteiger partial charge is 0.232 e. The maximum Gasteiger partial charge on any atom is 0.232 e. The Labute approximate surface area is 149 Å². The van der Waals surface area contributed by atoms with Crippen LogP contribution < -0.4 is 9.62 Å². The minimum Gasteiger partial charge on any atom is -0.326 e. The first kappa shape index (κ1) is 19.0. The van der Waals surface area contributed by atoms with Gasteiger partial charge in [-0.3, -0.25) is 9.10 Å². The highest BCUT2D eigenvalue weighted by Crippen LogP contribution is 2.18. The Kier molecular flexibility index (Phi) is 6.20. The maximum absolute atomic E-state index is 12.1. The van der Waals surface area contributed by atoms with E-state index in [2.05, 4.69) is 5.32 Å². The Bertz CT molecular complexity index is 833. The lowest BCUT2D eigenvalue weighted by molar-refractivity contribution is -0.116. The van der Waals surface area contributed by atoms with Crippen molar-refractivity contribution in [1.82, 2.24) is 0 Å². The highest BCUT2D eigenvalue weighted by atomic mass is 32.2. The summed E-state index contributed by atoms with van der Waals surface area (Å²) >= 11 is 0. The number of nitrogens with zero attached hydrogens (tertiary/aromatic N) is 1. The van der Waals surface area contributed by atoms with E-state index in [9.17, 15) is 13.2 Å². The van der Waals surface area contributed by atoms with E-state index in [1.54, 1.807) is 24.3 Å². The molecule has 0 aromatic heterocycles. The van der Waals surface area contributed by atoms with Crippen LogP contribution in [0.15, 0.2) is 48.5 Å². The van der Waals surface area contributed by atoms with E-state index in [0.29, 0.717) is 12.1 Å². The van der Waals surface area contributed by atoms with Crippen molar-refractivity contribution in [1.29, 1.82) is 0 Å². The minimum absolute atomic E-state index is 0.121. The zero-order valence-electron chi connectivity index (χ0n) is 14.8. The number of nitrogens with one attached hydrogen (secondary N) is 1. The first-order chi connectivity index (χ1) is 11.8. The molecule has 1 amide bonds. The number of carbonyl (C=O) groups excluding carboxylic acids is 1. The van der Waals surface area contributed by atoms with Crippen molar-refractivity contribution >= 4 is 27.3 Å². The molecule has 134 valence electrons. The van der Waals surface area contributed by atoms with Crippen LogP contribution in [-0.4, -0.2) is 27.1 Å². The quantitative estimate of drug-likeness (QED) is 0.822. The molecule has 0 saturated carbocycles. The molecule has 0 heterocycles. The molecule has 0 aliphatic carbocycles. The number of hydrogen-bond donors (Lipinski definition) is 1. The topological polar surface area (TPSA) is 66.5 Å². The molecule has 5 nitrogen and oxygen atoms in total. The Hall–Kier alpha value is -2.34. The third kappa shape index (κ3) is 5.60. The number of benzene rings is 2. The van der Waals surface area contributed by atoms with Crippen LogP contribution in [0, 0.1) is 13.8 Å². The standard InChI is InChI=1S/C19H24N2O3S/c1-15-11-12-17(14-16(15)2)20-19(22)10-7-13-21(25(3,23)24)18-8-5-4-6-9-18/h4-6,8-9,11-12,14H,7,10,13H2,1-3H3,(H,20,22). The summed E-state index contributed by atoms with van der Waals surface area (Å²) in [5.41, 5.74) is 3.66. The van der Waals surface area contributed by atoms with Gasteiger partial charge in [-0.15, -0.1) is 0 Å². The minimum atomic E-state index is -3.38. The van der Waals surface area contributed by atoms with Gasteiger partial charge < -0.3 is 5.32 Å². The Balaban J connectivity index is 1.93. The highest BCUT2D eigenvalue weighted by molar-refractivity contribution is 7.92. The molecule has 0 unspecified atom stereocenters. The summed E-state index contributed by atoms with van der Waals surface area (Å²) in [6.45, 7) is 4.28. The molecule has 2 aromatic rings. The fourth-order valence-electron chi connectivity index (χ4n) is 2.51. The van der Waals surface area contributed by atoms with Gasteiger partial charge in [-0.1, -0.05) is 24.3 Å². The van der Waals surface area contributed by atoms with Crippen LogP contribution in [0.25, 0.3) is 0 Å². The van der Waals surface area contributed by atoms with Crippen molar-refractivity contribution in [2.45, 2.75) is 26.7 Å². The predicted molar refractivity (Wildman–Crippen MR) is 102 cm³/mol. The normalized spacial score (nSPS) is 11.2. The number of rotatable bonds is 7. The van der Waals surface area contributed by atoms with Crippen LogP contribution in [0.3, 0.4) is 0 Å². The SMILES string of the molecule is Cc1ccc(NC(=O)CCCN(c2ccccc2)S(C)(=O)=O)cc1C. The molecular weight excluding hydrogens is 336 g/mol. The van der Waals surface area contributed by atoms with E-state index in [0.717, 1.165) is 11.3 Å². The summed E-state index contributed by atoms with van der Waals surface area (Å²) in [4.78, 5) is 12.1. The zero-order chi connectivity index (χ0) is 18.4. The van der Waals surface area contributed by atoms with E-state index in [-0.39, 0.29) is 18.9 Å². The van der Waals surface area contributed by atoms with Gasteiger partial charge in [-0.05, 0) is 55.7 Å². The molecule has 0 aliphatic heterocycles. The van der Waals surface area contributed by atoms with Gasteiger partial charge in [0.05, 0.1) is 11.9 Å². The molecule has 0 aliphatic rings. The van der Waals surface area contributed by atoms with Gasteiger partial charge in [0.2, 0.25) is 15.9 Å². The Morgan fingerprint density at radius 1 is 1.04 bits per heavy atom. The molecule has 2 aromatic carbocycles. The third-order valence-electron chi connectivity index (χ3n) is 4.00. The second kappa shape index (κ2) is 8.16. The lowest BCUT2D eigenvalue weighted by Gasteiger charge is -2.22. The molecule has 0 radical (unpaired) electrons. The van der Waals surface area contributed by atoms with E-state index in [1.807, 2.05) is 38.1 Å². The molecule has 6 heteroatoms. The molecule has 0 atom stereocenters. The summed E-state index contributed by atoms with van der Waals surface area (Å²) in [6, 6.07) is 14.7. The van der Waals surface area contributed by atoms with Crippen LogP contribution in [0.2, 0.25) is 0 Å². The van der Waals surface area contributed by atoms with E-state index in [1.165, 1.54) is 16.1 Å². The first-order valence-electron chi connectivity index (χ1n) is 8.17. The summed E-state index contributed by atoms with van der Waals surface area (Å²) in [7, 11) is -3.38. The van der Waals surface area contributed by atoms with Crippen LogP contribution >= 0.6 is 0 Å². The fourth-order valence-corrected chi connectivity index (χ4v) is 3.47. The van der Waals surface area contributed by atoms with Gasteiger partial charge in [-0.25, -0.2) is 8.42 Å². The zero-order valence-corrected chi connectivity index (χ0v) is 15.6. The maximum atomic E-state index is 12.1. The second-order valence-electron chi connectivity index (χ2n) is 6.12. The largest absolute Gasteiger partial charge is 0.326 e. The van der Waals surface area contributed by atoms with Gasteiger partial charge in [0.1, 0.15) is 0 Å². The molecule has 2 rings (SSSR count). The molecule has 0 bridgehead atoms. The first-order valence-corrected chi connectivity index (χ1v) is 10.0. The molecule has 0 fully saturated rings. The average molecular weight is 360 g/mol. The van der Waals surface area contributed by atoms with Gasteiger partial charge in [-0.2, -0.15) is 0 Å². The summed E-state index contributed by atoms with van der Waals surface area (Å²) in [5.74, 6) is -0.121. The number of sulfonamides is 1. The second-order valence-corrected chi connectivity index (χ2v) is 8.03. The third-order valence-corrected chi connectivity index (χ3v) is 5.19. The lowest BCUT2D eigenvalue weighted by atomic mass is 10.1. The van der Waals surface area contributed by atoms with Crippen LogP contribution in [-0.2, 0) is 14.8 Å². The summed E-state index contributed by atoms with van der Waals surface area (Å²) in [6.07, 6.45) is 1.87. The number of amides is 1. The lowest BCUT2D eigenvalue weighted by Crippen LogP contribution is -2.31. The molecule has 0 saturated heterocycles. The number of anilines is 2. The molecule has 25 heavy (non-hydrogen) atoms. The Morgan fingerprint density at radius 3 is 2.32 bits per heavy atom. The summed E-state index contributed by atoms with van der Waals surface area (Å²) in [5, 5.41) is 2.86. The van der Waals surface area contributed by atoms with Gasteiger partial charge in [0.25, 0.3) is 0 Å². The van der Waals surface area contributed by atoms with Crippen molar-refractivity contribution in [3.8, 4) is 0 Å². The van der Waals surface area contributed by atoms with E-state index in [4.69, 9.17) is 0 Å². The number of aryl methyl sites for hydroxylation is 2. The predicted octanol–water partition coefficient (Wildman–Crippen LogP) is 3.49.